The largest absolute Gasteiger partial charge is 0.448 e. The van der Waals surface area contributed by atoms with Gasteiger partial charge in [-0.15, -0.1) is 0 Å². The lowest BCUT2D eigenvalue weighted by Gasteiger charge is -2.19. The van der Waals surface area contributed by atoms with E-state index in [1.165, 1.54) is 0 Å². The molecule has 0 radical (unpaired) electrons. The number of Topliss-reactive ketones (excluding diaryl/α,β-unsaturated/α-hetero) is 1. The highest BCUT2D eigenvalue weighted by molar-refractivity contribution is 6.10. The van der Waals surface area contributed by atoms with Crippen LogP contribution in [-0.4, -0.2) is 28.6 Å². The molecule has 4 heteroatoms. The number of carbonyl (C=O) groups excluding carboxylic acids is 2. The van der Waals surface area contributed by atoms with Crippen molar-refractivity contribution >= 4 is 11.8 Å². The van der Waals surface area contributed by atoms with Gasteiger partial charge in [-0.2, -0.15) is 0 Å². The maximum absolute atomic E-state index is 12.4. The molecule has 2 aliphatic rings. The molecule has 2 rings (SSSR count). The second kappa shape index (κ2) is 4.53. The first kappa shape index (κ1) is 12.8. The molecule has 1 heterocycles. The SMILES string of the molecule is C/C=C/C1=C(/C=C/C)C(=O)[C@@]2(C1)C[C@@H](O)C(=O)O2. The number of hydrogen-bond acceptors (Lipinski definition) is 4. The summed E-state index contributed by atoms with van der Waals surface area (Å²) in [5.74, 6) is -0.913. The molecule has 0 amide bonds. The van der Waals surface area contributed by atoms with E-state index in [0.717, 1.165) is 5.57 Å². The predicted octanol–water partition coefficient (Wildman–Crippen LogP) is 1.45. The van der Waals surface area contributed by atoms with Crippen molar-refractivity contribution in [1.82, 2.24) is 0 Å². The van der Waals surface area contributed by atoms with E-state index in [-0.39, 0.29) is 12.2 Å². The molecular formula is C14H16O4. The Labute approximate surface area is 106 Å². The normalized spacial score (nSPS) is 32.5. The maximum Gasteiger partial charge on any atom is 0.336 e. The highest BCUT2D eigenvalue weighted by Crippen LogP contribution is 2.42. The van der Waals surface area contributed by atoms with Crippen LogP contribution >= 0.6 is 0 Å². The van der Waals surface area contributed by atoms with Crippen LogP contribution in [-0.2, 0) is 14.3 Å². The lowest BCUT2D eigenvalue weighted by Crippen LogP contribution is -2.35. The Bertz CT molecular complexity index is 484. The van der Waals surface area contributed by atoms with E-state index in [1.54, 1.807) is 12.2 Å². The minimum Gasteiger partial charge on any atom is -0.448 e. The van der Waals surface area contributed by atoms with Gasteiger partial charge in [0.25, 0.3) is 0 Å². The van der Waals surface area contributed by atoms with Crippen molar-refractivity contribution < 1.29 is 19.4 Å². The van der Waals surface area contributed by atoms with Crippen LogP contribution in [0.5, 0.6) is 0 Å². The molecule has 0 bridgehead atoms. The summed E-state index contributed by atoms with van der Waals surface area (Å²) in [5.41, 5.74) is 0.236. The maximum atomic E-state index is 12.4. The second-order valence-electron chi connectivity index (χ2n) is 4.58. The summed E-state index contributed by atoms with van der Waals surface area (Å²) in [6.07, 6.45) is 6.41. The Hall–Kier alpha value is -1.68. The van der Waals surface area contributed by atoms with Crippen LogP contribution in [0.4, 0.5) is 0 Å². The lowest BCUT2D eigenvalue weighted by atomic mass is 9.93. The molecule has 1 fully saturated rings. The summed E-state index contributed by atoms with van der Waals surface area (Å²) in [4.78, 5) is 23.7. The summed E-state index contributed by atoms with van der Waals surface area (Å²) in [5, 5.41) is 9.49. The lowest BCUT2D eigenvalue weighted by molar-refractivity contribution is -0.157. The highest BCUT2D eigenvalue weighted by atomic mass is 16.6. The molecule has 0 aromatic carbocycles. The van der Waals surface area contributed by atoms with Crippen molar-refractivity contribution in [2.45, 2.75) is 38.4 Å². The van der Waals surface area contributed by atoms with E-state index < -0.39 is 17.7 Å². The molecule has 1 N–H and O–H groups in total. The third-order valence-electron chi connectivity index (χ3n) is 3.27. The Balaban J connectivity index is 2.38. The van der Waals surface area contributed by atoms with Crippen molar-refractivity contribution in [3.63, 3.8) is 0 Å². The van der Waals surface area contributed by atoms with Gasteiger partial charge >= 0.3 is 5.97 Å². The van der Waals surface area contributed by atoms with Crippen LogP contribution in [0.2, 0.25) is 0 Å². The molecule has 0 saturated carbocycles. The van der Waals surface area contributed by atoms with Crippen LogP contribution < -0.4 is 0 Å². The van der Waals surface area contributed by atoms with Gasteiger partial charge in [0.1, 0.15) is 0 Å². The minimum atomic E-state index is -1.19. The predicted molar refractivity (Wildman–Crippen MR) is 65.7 cm³/mol. The second-order valence-corrected chi connectivity index (χ2v) is 4.58. The summed E-state index contributed by atoms with van der Waals surface area (Å²) in [7, 11) is 0. The Kier molecular flexibility index (Phi) is 3.22. The number of aliphatic hydroxyl groups is 1. The van der Waals surface area contributed by atoms with Gasteiger partial charge in [-0.25, -0.2) is 4.79 Å². The van der Waals surface area contributed by atoms with E-state index in [2.05, 4.69) is 0 Å². The molecule has 1 aliphatic carbocycles. The fourth-order valence-corrected chi connectivity index (χ4v) is 2.52. The quantitative estimate of drug-likeness (QED) is 0.751. The van der Waals surface area contributed by atoms with Crippen molar-refractivity contribution in [3.05, 3.63) is 35.5 Å². The number of carbonyl (C=O) groups is 2. The zero-order valence-corrected chi connectivity index (χ0v) is 10.5. The fraction of sp³-hybridized carbons (Fsp3) is 0.429. The number of hydrogen-bond donors (Lipinski definition) is 1. The molecule has 1 aliphatic heterocycles. The third-order valence-corrected chi connectivity index (χ3v) is 3.27. The van der Waals surface area contributed by atoms with Crippen LogP contribution in [0.15, 0.2) is 35.5 Å². The molecule has 4 nitrogen and oxygen atoms in total. The third kappa shape index (κ3) is 1.82. The highest BCUT2D eigenvalue weighted by Gasteiger charge is 2.55. The number of allylic oxidation sites excluding steroid dienone is 4. The van der Waals surface area contributed by atoms with Crippen LogP contribution in [0.3, 0.4) is 0 Å². The first-order chi connectivity index (χ1) is 8.54. The minimum absolute atomic E-state index is 0.0484. The first-order valence-corrected chi connectivity index (χ1v) is 5.98. The topological polar surface area (TPSA) is 63.6 Å². The van der Waals surface area contributed by atoms with Gasteiger partial charge in [-0.3, -0.25) is 4.79 Å². The summed E-state index contributed by atoms with van der Waals surface area (Å²) in [6.45, 7) is 3.69. The van der Waals surface area contributed by atoms with Gasteiger partial charge in [0.05, 0.1) is 0 Å². The Morgan fingerprint density at radius 1 is 1.28 bits per heavy atom. The van der Waals surface area contributed by atoms with Crippen molar-refractivity contribution in [3.8, 4) is 0 Å². The fourth-order valence-electron chi connectivity index (χ4n) is 2.52. The van der Waals surface area contributed by atoms with Gasteiger partial charge < -0.3 is 9.84 Å². The molecule has 1 saturated heterocycles. The van der Waals surface area contributed by atoms with Crippen LogP contribution in [0.25, 0.3) is 0 Å². The van der Waals surface area contributed by atoms with Crippen molar-refractivity contribution in [2.75, 3.05) is 0 Å². The van der Waals surface area contributed by atoms with Gasteiger partial charge in [0.15, 0.2) is 11.7 Å². The van der Waals surface area contributed by atoms with E-state index in [1.807, 2.05) is 26.0 Å². The van der Waals surface area contributed by atoms with Crippen LogP contribution in [0.1, 0.15) is 26.7 Å². The number of ketones is 1. The van der Waals surface area contributed by atoms with Crippen molar-refractivity contribution in [1.29, 1.82) is 0 Å². The summed E-state index contributed by atoms with van der Waals surface area (Å²) < 4.78 is 5.14. The van der Waals surface area contributed by atoms with Gasteiger partial charge in [0.2, 0.25) is 5.78 Å². The Morgan fingerprint density at radius 3 is 2.44 bits per heavy atom. The number of rotatable bonds is 2. The van der Waals surface area contributed by atoms with E-state index >= 15 is 0 Å². The average molecular weight is 248 g/mol. The smallest absolute Gasteiger partial charge is 0.336 e. The average Bonchev–Trinajstić information content (AvgIpc) is 2.73. The summed E-state index contributed by atoms with van der Waals surface area (Å²) >= 11 is 0. The van der Waals surface area contributed by atoms with Gasteiger partial charge in [-0.05, 0) is 19.4 Å². The molecule has 96 valence electrons. The molecule has 2 atom stereocenters. The van der Waals surface area contributed by atoms with Crippen molar-refractivity contribution in [2.24, 2.45) is 0 Å². The van der Waals surface area contributed by atoms with Gasteiger partial charge in [-0.1, -0.05) is 24.3 Å². The summed E-state index contributed by atoms with van der Waals surface area (Å²) in [6, 6.07) is 0. The number of ether oxygens (including phenoxy) is 1. The molecular weight excluding hydrogens is 232 g/mol. The Morgan fingerprint density at radius 2 is 1.94 bits per heavy atom. The standard InChI is InChI=1S/C14H16O4/c1-3-5-9-7-14(8-11(15)13(17)18-14)12(16)10(9)6-4-2/h3-6,11,15H,7-8H2,1-2H3/b5-3+,6-4+/t11-,14-/m1/s1. The molecule has 0 aromatic rings. The molecule has 0 aromatic heterocycles. The van der Waals surface area contributed by atoms with Gasteiger partial charge in [0, 0.05) is 18.4 Å². The monoisotopic (exact) mass is 248 g/mol. The zero-order chi connectivity index (χ0) is 13.3. The van der Waals surface area contributed by atoms with E-state index in [0.29, 0.717) is 12.0 Å². The van der Waals surface area contributed by atoms with E-state index in [4.69, 9.17) is 4.74 Å². The number of esters is 1. The molecule has 18 heavy (non-hydrogen) atoms. The van der Waals surface area contributed by atoms with Crippen LogP contribution in [0, 0.1) is 0 Å². The number of aliphatic hydroxyl groups excluding tert-OH is 1. The zero-order valence-electron chi connectivity index (χ0n) is 10.5. The van der Waals surface area contributed by atoms with E-state index in [9.17, 15) is 14.7 Å². The first-order valence-electron chi connectivity index (χ1n) is 5.98. The molecule has 1 spiro atoms. The molecule has 0 unspecified atom stereocenters.